The molecule has 10 heteroatoms. The van der Waals surface area contributed by atoms with Crippen LogP contribution in [-0.2, 0) is 17.6 Å². The van der Waals surface area contributed by atoms with Crippen LogP contribution in [-0.4, -0.2) is 33.3 Å². The van der Waals surface area contributed by atoms with E-state index in [-0.39, 0.29) is 11.7 Å². The Labute approximate surface area is 195 Å². The monoisotopic (exact) mass is 467 g/mol. The third kappa shape index (κ3) is 4.51. The second kappa shape index (κ2) is 9.53. The molecule has 1 aliphatic carbocycles. The molecule has 0 unspecified atom stereocenters. The van der Waals surface area contributed by atoms with Crippen LogP contribution >= 0.6 is 11.3 Å². The quantitative estimate of drug-likeness (QED) is 0.227. The van der Waals surface area contributed by atoms with E-state index in [9.17, 15) is 14.9 Å². The molecule has 172 valence electrons. The highest BCUT2D eigenvalue weighted by atomic mass is 32.1. The highest BCUT2D eigenvalue weighted by molar-refractivity contribution is 7.15. The van der Waals surface area contributed by atoms with E-state index in [2.05, 4.69) is 20.1 Å². The number of thiophene rings is 1. The Kier molecular flexibility index (Phi) is 6.55. The normalized spacial score (nSPS) is 13.2. The summed E-state index contributed by atoms with van der Waals surface area (Å²) in [5, 5.41) is 15.9. The van der Waals surface area contributed by atoms with Gasteiger partial charge in [0.1, 0.15) is 17.0 Å². The fourth-order valence-electron chi connectivity index (χ4n) is 4.08. The van der Waals surface area contributed by atoms with Gasteiger partial charge in [-0.3, -0.25) is 15.5 Å². The predicted octanol–water partition coefficient (Wildman–Crippen LogP) is 4.96. The number of rotatable bonds is 7. The molecule has 0 atom stereocenters. The number of hydrogen-bond donors (Lipinski definition) is 1. The number of anilines is 1. The zero-order valence-electron chi connectivity index (χ0n) is 18.8. The van der Waals surface area contributed by atoms with Gasteiger partial charge in [0.2, 0.25) is 0 Å². The summed E-state index contributed by atoms with van der Waals surface area (Å²) >= 11 is 1.67. The van der Waals surface area contributed by atoms with Crippen LogP contribution in [0.15, 0.2) is 29.5 Å². The van der Waals surface area contributed by atoms with E-state index < -0.39 is 4.92 Å². The molecule has 4 rings (SSSR count). The Balaban J connectivity index is 1.64. The van der Waals surface area contributed by atoms with Crippen molar-refractivity contribution < 1.29 is 14.5 Å². The molecule has 3 aromatic rings. The van der Waals surface area contributed by atoms with E-state index in [0.29, 0.717) is 18.0 Å². The average Bonchev–Trinajstić information content (AvgIpc) is 3.30. The highest BCUT2D eigenvalue weighted by Crippen LogP contribution is 2.39. The van der Waals surface area contributed by atoms with Gasteiger partial charge in [0.15, 0.2) is 0 Å². The summed E-state index contributed by atoms with van der Waals surface area (Å²) in [6, 6.07) is 4.88. The number of hydrogen-bond acceptors (Lipinski definition) is 8. The molecule has 0 amide bonds. The topological polar surface area (TPSA) is 112 Å². The first kappa shape index (κ1) is 22.7. The smallest absolute Gasteiger partial charge is 0.341 e. The Morgan fingerprint density at radius 1 is 1.36 bits per heavy atom. The van der Waals surface area contributed by atoms with Gasteiger partial charge >= 0.3 is 5.97 Å². The van der Waals surface area contributed by atoms with Gasteiger partial charge in [0.25, 0.3) is 5.69 Å². The van der Waals surface area contributed by atoms with Crippen molar-refractivity contribution in [3.8, 4) is 5.00 Å². The second-order valence-electron chi connectivity index (χ2n) is 7.80. The zero-order chi connectivity index (χ0) is 23.5. The fraction of sp³-hybridized carbons (Fsp3) is 0.348. The maximum atomic E-state index is 12.9. The van der Waals surface area contributed by atoms with Gasteiger partial charge in [-0.05, 0) is 64.2 Å². The standard InChI is InChI=1S/C23H25N5O4S/c1-4-32-23(29)21-18-7-5-6-8-19(18)33-22(21)27-14(2)11-16(15(27)3)12-25-26-20-10-9-17(13-24-20)28(30)31/h9-13H,4-8H2,1-3H3,(H,24,26)/b25-12-. The summed E-state index contributed by atoms with van der Waals surface area (Å²) in [4.78, 5) is 28.4. The molecule has 33 heavy (non-hydrogen) atoms. The molecule has 3 heterocycles. The second-order valence-corrected chi connectivity index (χ2v) is 8.89. The molecule has 0 radical (unpaired) electrons. The number of pyridine rings is 1. The fourth-order valence-corrected chi connectivity index (χ4v) is 5.57. The number of nitrogens with one attached hydrogen (secondary N) is 1. The number of aromatic nitrogens is 2. The van der Waals surface area contributed by atoms with Gasteiger partial charge in [-0.15, -0.1) is 11.3 Å². The van der Waals surface area contributed by atoms with Crippen LogP contribution in [0.25, 0.3) is 5.00 Å². The third-order valence-electron chi connectivity index (χ3n) is 5.65. The Bertz CT molecular complexity index is 1230. The molecule has 0 fully saturated rings. The summed E-state index contributed by atoms with van der Waals surface area (Å²) in [5.74, 6) is 0.140. The van der Waals surface area contributed by atoms with E-state index in [1.807, 2.05) is 26.8 Å². The Morgan fingerprint density at radius 2 is 2.15 bits per heavy atom. The van der Waals surface area contributed by atoms with Crippen molar-refractivity contribution in [1.29, 1.82) is 0 Å². The van der Waals surface area contributed by atoms with Crippen LogP contribution in [0.2, 0.25) is 0 Å². The lowest BCUT2D eigenvalue weighted by Gasteiger charge is -2.13. The van der Waals surface area contributed by atoms with Gasteiger partial charge in [-0.25, -0.2) is 9.78 Å². The number of hydrazone groups is 1. The van der Waals surface area contributed by atoms with E-state index in [1.54, 1.807) is 17.6 Å². The molecule has 0 aliphatic heterocycles. The molecule has 9 nitrogen and oxygen atoms in total. The number of aryl methyl sites for hydroxylation is 2. The SMILES string of the molecule is CCOC(=O)c1c(-n2c(C)cc(/C=N\Nc3ccc([N+](=O)[O-])cn3)c2C)sc2c1CCCC2. The molecule has 0 aromatic carbocycles. The lowest BCUT2D eigenvalue weighted by molar-refractivity contribution is -0.385. The van der Waals surface area contributed by atoms with Crippen molar-refractivity contribution in [2.75, 3.05) is 12.0 Å². The zero-order valence-corrected chi connectivity index (χ0v) is 19.6. The highest BCUT2D eigenvalue weighted by Gasteiger charge is 2.28. The number of carbonyl (C=O) groups is 1. The summed E-state index contributed by atoms with van der Waals surface area (Å²) in [6.45, 7) is 6.16. The summed E-state index contributed by atoms with van der Waals surface area (Å²) in [6.07, 6.45) is 6.98. The largest absolute Gasteiger partial charge is 0.462 e. The molecule has 0 saturated carbocycles. The number of nitro groups is 1. The third-order valence-corrected chi connectivity index (χ3v) is 6.92. The van der Waals surface area contributed by atoms with E-state index >= 15 is 0 Å². The predicted molar refractivity (Wildman–Crippen MR) is 128 cm³/mol. The van der Waals surface area contributed by atoms with Gasteiger partial charge in [-0.1, -0.05) is 0 Å². The first-order valence-electron chi connectivity index (χ1n) is 10.8. The minimum atomic E-state index is -0.498. The maximum absolute atomic E-state index is 12.9. The van der Waals surface area contributed by atoms with Crippen LogP contribution in [0, 0.1) is 24.0 Å². The van der Waals surface area contributed by atoms with Crippen molar-refractivity contribution in [1.82, 2.24) is 9.55 Å². The maximum Gasteiger partial charge on any atom is 0.341 e. The minimum Gasteiger partial charge on any atom is -0.462 e. The number of ether oxygens (including phenoxy) is 1. The van der Waals surface area contributed by atoms with Crippen LogP contribution in [0.1, 0.15) is 57.5 Å². The number of fused-ring (bicyclic) bond motifs is 1. The molecule has 0 bridgehead atoms. The first-order chi connectivity index (χ1) is 15.9. The summed E-state index contributed by atoms with van der Waals surface area (Å²) in [7, 11) is 0. The van der Waals surface area contributed by atoms with E-state index in [0.717, 1.165) is 53.2 Å². The molecule has 1 N–H and O–H groups in total. The van der Waals surface area contributed by atoms with E-state index in [1.165, 1.54) is 23.2 Å². The lowest BCUT2D eigenvalue weighted by Crippen LogP contribution is -2.12. The molecule has 0 saturated heterocycles. The summed E-state index contributed by atoms with van der Waals surface area (Å²) in [5.41, 5.74) is 7.38. The van der Waals surface area contributed by atoms with Crippen molar-refractivity contribution in [3.05, 3.63) is 67.5 Å². The van der Waals surface area contributed by atoms with Gasteiger partial charge < -0.3 is 9.30 Å². The van der Waals surface area contributed by atoms with Crippen LogP contribution < -0.4 is 5.43 Å². The minimum absolute atomic E-state index is 0.0795. The van der Waals surface area contributed by atoms with Gasteiger partial charge in [0.05, 0.1) is 23.3 Å². The van der Waals surface area contributed by atoms with E-state index in [4.69, 9.17) is 4.74 Å². The Hall–Kier alpha value is -3.53. The van der Waals surface area contributed by atoms with Crippen molar-refractivity contribution in [2.45, 2.75) is 46.5 Å². The van der Waals surface area contributed by atoms with Gasteiger partial charge in [-0.2, -0.15) is 5.10 Å². The molecular weight excluding hydrogens is 442 g/mol. The molecule has 3 aromatic heterocycles. The molecule has 1 aliphatic rings. The summed E-state index contributed by atoms with van der Waals surface area (Å²) < 4.78 is 7.51. The molecule has 0 spiro atoms. The van der Waals surface area contributed by atoms with Crippen molar-refractivity contribution >= 4 is 35.0 Å². The lowest BCUT2D eigenvalue weighted by atomic mass is 9.95. The van der Waals surface area contributed by atoms with Gasteiger partial charge in [0, 0.05) is 27.9 Å². The Morgan fingerprint density at radius 3 is 2.85 bits per heavy atom. The van der Waals surface area contributed by atoms with Crippen molar-refractivity contribution in [3.63, 3.8) is 0 Å². The number of carbonyl (C=O) groups excluding carboxylic acids is 1. The van der Waals surface area contributed by atoms with Crippen LogP contribution in [0.4, 0.5) is 11.5 Å². The number of esters is 1. The van der Waals surface area contributed by atoms with Crippen LogP contribution in [0.5, 0.6) is 0 Å². The average molecular weight is 468 g/mol. The van der Waals surface area contributed by atoms with Crippen molar-refractivity contribution in [2.24, 2.45) is 5.10 Å². The number of nitrogens with zero attached hydrogens (tertiary/aromatic N) is 4. The molecular formula is C23H25N5O4S. The van der Waals surface area contributed by atoms with Crippen LogP contribution in [0.3, 0.4) is 0 Å². The first-order valence-corrected chi connectivity index (χ1v) is 11.6.